The summed E-state index contributed by atoms with van der Waals surface area (Å²) in [5, 5.41) is 19.6. The molecular formula is C13H7BrClF3N2O. The first-order chi connectivity index (χ1) is 9.75. The van der Waals surface area contributed by atoms with Crippen LogP contribution in [0, 0.1) is 11.3 Å². The largest absolute Gasteiger partial charge is 0.432 e. The summed E-state index contributed by atoms with van der Waals surface area (Å²) in [6.45, 7) is 0. The molecule has 0 aliphatic rings. The van der Waals surface area contributed by atoms with Crippen LogP contribution in [0.25, 0.3) is 0 Å². The summed E-state index contributed by atoms with van der Waals surface area (Å²) in [6, 6.07) is 7.58. The summed E-state index contributed by atoms with van der Waals surface area (Å²) >= 11 is 8.46. The van der Waals surface area contributed by atoms with Gasteiger partial charge in [0, 0.05) is 5.02 Å². The first kappa shape index (κ1) is 15.9. The highest BCUT2D eigenvalue weighted by atomic mass is 79.9. The van der Waals surface area contributed by atoms with E-state index in [-0.39, 0.29) is 11.3 Å². The normalized spacial score (nSPS) is 13.0. The van der Waals surface area contributed by atoms with E-state index in [4.69, 9.17) is 16.9 Å². The van der Waals surface area contributed by atoms with Crippen molar-refractivity contribution in [3.05, 3.63) is 56.3 Å². The van der Waals surface area contributed by atoms with Crippen molar-refractivity contribution < 1.29 is 18.3 Å². The molecule has 0 bridgehead atoms. The molecule has 2 rings (SSSR count). The predicted molar refractivity (Wildman–Crippen MR) is 73.7 cm³/mol. The van der Waals surface area contributed by atoms with Crippen molar-refractivity contribution in [3.8, 4) is 6.07 Å². The second-order valence-corrected chi connectivity index (χ2v) is 5.40. The molecular weight excluding hydrogens is 373 g/mol. The van der Waals surface area contributed by atoms with Gasteiger partial charge >= 0.3 is 6.18 Å². The summed E-state index contributed by atoms with van der Waals surface area (Å²) in [5.41, 5.74) is -1.30. The molecule has 1 heterocycles. The minimum atomic E-state index is -4.66. The second-order valence-electron chi connectivity index (χ2n) is 4.17. The third-order valence-electron chi connectivity index (χ3n) is 2.82. The Bertz CT molecular complexity index is 704. The van der Waals surface area contributed by atoms with E-state index in [9.17, 15) is 18.3 Å². The summed E-state index contributed by atoms with van der Waals surface area (Å²) in [7, 11) is 0. The lowest BCUT2D eigenvalue weighted by atomic mass is 10.0. The van der Waals surface area contributed by atoms with Crippen LogP contribution in [-0.2, 0) is 6.18 Å². The second kappa shape index (κ2) is 5.72. The maximum Gasteiger partial charge on any atom is 0.432 e. The number of aromatic amines is 1. The van der Waals surface area contributed by atoms with Crippen LogP contribution in [0.3, 0.4) is 0 Å². The Balaban J connectivity index is 2.54. The molecule has 1 unspecified atom stereocenters. The summed E-state index contributed by atoms with van der Waals surface area (Å²) in [6.07, 6.45) is -6.06. The van der Waals surface area contributed by atoms with Crippen LogP contribution in [0.5, 0.6) is 0 Å². The molecule has 0 saturated heterocycles. The fourth-order valence-corrected chi connectivity index (χ4v) is 2.57. The van der Waals surface area contributed by atoms with Crippen LogP contribution in [0.15, 0.2) is 28.7 Å². The summed E-state index contributed by atoms with van der Waals surface area (Å²) in [5.74, 6) is 0. The maximum atomic E-state index is 12.8. The fraction of sp³-hybridized carbons (Fsp3) is 0.154. The minimum Gasteiger partial charge on any atom is -0.382 e. The highest BCUT2D eigenvalue weighted by molar-refractivity contribution is 9.10. The Kier molecular flexibility index (Phi) is 4.33. The summed E-state index contributed by atoms with van der Waals surface area (Å²) < 4.78 is 38.1. The van der Waals surface area contributed by atoms with Gasteiger partial charge in [-0.3, -0.25) is 0 Å². The first-order valence-corrected chi connectivity index (χ1v) is 6.75. The van der Waals surface area contributed by atoms with Crippen LogP contribution < -0.4 is 0 Å². The number of aromatic nitrogens is 1. The number of hydrogen-bond acceptors (Lipinski definition) is 2. The molecule has 1 atom stereocenters. The molecule has 0 radical (unpaired) electrons. The number of benzene rings is 1. The maximum absolute atomic E-state index is 12.8. The van der Waals surface area contributed by atoms with Gasteiger partial charge in [0.15, 0.2) is 0 Å². The molecule has 0 spiro atoms. The van der Waals surface area contributed by atoms with Gasteiger partial charge in [-0.1, -0.05) is 23.7 Å². The molecule has 2 aromatic rings. The Hall–Kier alpha value is -1.49. The van der Waals surface area contributed by atoms with Crippen LogP contribution in [-0.4, -0.2) is 10.1 Å². The van der Waals surface area contributed by atoms with E-state index in [1.807, 2.05) is 0 Å². The van der Waals surface area contributed by atoms with Gasteiger partial charge < -0.3 is 10.1 Å². The van der Waals surface area contributed by atoms with E-state index in [2.05, 4.69) is 20.9 Å². The number of aliphatic hydroxyl groups is 1. The zero-order valence-electron chi connectivity index (χ0n) is 10.2. The molecule has 1 aromatic carbocycles. The molecule has 1 aromatic heterocycles. The average molecular weight is 380 g/mol. The first-order valence-electron chi connectivity index (χ1n) is 5.58. The third-order valence-corrected chi connectivity index (χ3v) is 3.87. The lowest BCUT2D eigenvalue weighted by Crippen LogP contribution is -2.07. The number of rotatable bonds is 2. The van der Waals surface area contributed by atoms with Gasteiger partial charge in [0.1, 0.15) is 17.9 Å². The van der Waals surface area contributed by atoms with E-state index in [1.54, 1.807) is 6.07 Å². The van der Waals surface area contributed by atoms with Crippen LogP contribution in [0.4, 0.5) is 13.2 Å². The standard InChI is InChI=1S/C13H7BrClF3N2O/c14-9-8(5-19)10(20-12(9)13(16,17)18)11(21)6-1-3-7(15)4-2-6/h1-4,11,20-21H. The molecule has 0 fully saturated rings. The van der Waals surface area contributed by atoms with Crippen molar-refractivity contribution in [1.29, 1.82) is 5.26 Å². The number of nitrogens with one attached hydrogen (secondary N) is 1. The number of nitrogens with zero attached hydrogens (tertiary/aromatic N) is 1. The predicted octanol–water partition coefficient (Wildman–Crippen LogP) is 4.40. The molecule has 8 heteroatoms. The fourth-order valence-electron chi connectivity index (χ4n) is 1.82. The Morgan fingerprint density at radius 1 is 1.29 bits per heavy atom. The zero-order chi connectivity index (χ0) is 15.8. The van der Waals surface area contributed by atoms with Crippen molar-refractivity contribution in [2.24, 2.45) is 0 Å². The van der Waals surface area contributed by atoms with Gasteiger partial charge in [-0.2, -0.15) is 18.4 Å². The van der Waals surface area contributed by atoms with Gasteiger partial charge in [0.2, 0.25) is 0 Å². The lowest BCUT2D eigenvalue weighted by molar-refractivity contribution is -0.141. The molecule has 0 saturated carbocycles. The van der Waals surface area contributed by atoms with Gasteiger partial charge in [0.25, 0.3) is 0 Å². The van der Waals surface area contributed by atoms with Crippen LogP contribution in [0.2, 0.25) is 5.02 Å². The zero-order valence-corrected chi connectivity index (χ0v) is 12.5. The molecule has 21 heavy (non-hydrogen) atoms. The Morgan fingerprint density at radius 3 is 2.33 bits per heavy atom. The molecule has 0 aliphatic carbocycles. The summed E-state index contributed by atoms with van der Waals surface area (Å²) in [4.78, 5) is 2.08. The van der Waals surface area contributed by atoms with Crippen molar-refractivity contribution in [3.63, 3.8) is 0 Å². The Labute approximate surface area is 131 Å². The molecule has 0 aliphatic heterocycles. The highest BCUT2D eigenvalue weighted by Gasteiger charge is 2.38. The highest BCUT2D eigenvalue weighted by Crippen LogP contribution is 2.39. The third kappa shape index (κ3) is 3.07. The monoisotopic (exact) mass is 378 g/mol. The lowest BCUT2D eigenvalue weighted by Gasteiger charge is -2.10. The van der Waals surface area contributed by atoms with E-state index in [1.165, 1.54) is 24.3 Å². The minimum absolute atomic E-state index is 0.223. The van der Waals surface area contributed by atoms with Gasteiger partial charge in [-0.25, -0.2) is 0 Å². The smallest absolute Gasteiger partial charge is 0.382 e. The topological polar surface area (TPSA) is 59.8 Å². The van der Waals surface area contributed by atoms with Crippen molar-refractivity contribution in [2.75, 3.05) is 0 Å². The number of aliphatic hydroxyl groups excluding tert-OH is 1. The van der Waals surface area contributed by atoms with Crippen molar-refractivity contribution >= 4 is 27.5 Å². The van der Waals surface area contributed by atoms with Gasteiger partial charge in [-0.05, 0) is 33.6 Å². The van der Waals surface area contributed by atoms with Crippen LogP contribution in [0.1, 0.15) is 28.6 Å². The SMILES string of the molecule is N#Cc1c(C(O)c2ccc(Cl)cc2)[nH]c(C(F)(F)F)c1Br. The number of H-pyrrole nitrogens is 1. The molecule has 3 nitrogen and oxygen atoms in total. The van der Waals surface area contributed by atoms with E-state index >= 15 is 0 Å². The van der Waals surface area contributed by atoms with E-state index in [0.717, 1.165) is 0 Å². The molecule has 110 valence electrons. The van der Waals surface area contributed by atoms with Gasteiger partial charge in [0.05, 0.1) is 15.7 Å². The Morgan fingerprint density at radius 2 is 1.86 bits per heavy atom. The number of halogens is 5. The van der Waals surface area contributed by atoms with Crippen molar-refractivity contribution in [2.45, 2.75) is 12.3 Å². The molecule has 0 amide bonds. The molecule has 2 N–H and O–H groups in total. The van der Waals surface area contributed by atoms with Gasteiger partial charge in [-0.15, -0.1) is 0 Å². The number of hydrogen-bond donors (Lipinski definition) is 2. The quantitative estimate of drug-likeness (QED) is 0.812. The van der Waals surface area contributed by atoms with Crippen molar-refractivity contribution in [1.82, 2.24) is 4.98 Å². The van der Waals surface area contributed by atoms with E-state index in [0.29, 0.717) is 10.6 Å². The average Bonchev–Trinajstić information content (AvgIpc) is 2.75. The van der Waals surface area contributed by atoms with Crippen LogP contribution >= 0.6 is 27.5 Å². The number of nitriles is 1. The van der Waals surface area contributed by atoms with E-state index < -0.39 is 22.4 Å². The number of alkyl halides is 3.